The molecule has 0 radical (unpaired) electrons. The second-order valence-corrected chi connectivity index (χ2v) is 6.23. The molecule has 0 amide bonds. The van der Waals surface area contributed by atoms with Crippen LogP contribution in [0.1, 0.15) is 12.0 Å². The average molecular weight is 279 g/mol. The lowest BCUT2D eigenvalue weighted by Crippen LogP contribution is -2.56. The number of morpholine rings is 1. The van der Waals surface area contributed by atoms with Crippen molar-refractivity contribution in [2.24, 2.45) is 0 Å². The maximum atomic E-state index is 5.69. The van der Waals surface area contributed by atoms with Gasteiger partial charge in [0.25, 0.3) is 0 Å². The molecule has 0 saturated carbocycles. The molecule has 104 valence electrons. The van der Waals surface area contributed by atoms with Crippen molar-refractivity contribution in [1.29, 1.82) is 0 Å². The topological polar surface area (TPSA) is 21.7 Å². The lowest BCUT2D eigenvalue weighted by Gasteiger charge is -2.43. The molecule has 2 aliphatic rings. The fourth-order valence-corrected chi connectivity index (χ4v) is 3.33. The second kappa shape index (κ2) is 5.83. The molecule has 0 aliphatic carbocycles. The Labute approximate surface area is 119 Å². The van der Waals surface area contributed by atoms with Crippen molar-refractivity contribution in [2.75, 3.05) is 39.2 Å². The minimum Gasteiger partial charge on any atom is -0.379 e. The van der Waals surface area contributed by atoms with Gasteiger partial charge in [-0.05, 0) is 30.4 Å². The van der Waals surface area contributed by atoms with Crippen molar-refractivity contribution in [2.45, 2.75) is 23.4 Å². The highest BCUT2D eigenvalue weighted by molar-refractivity contribution is 7.98. The molecule has 0 N–H and O–H groups in total. The van der Waals surface area contributed by atoms with Crippen molar-refractivity contribution in [3.05, 3.63) is 29.8 Å². The largest absolute Gasteiger partial charge is 0.379 e. The van der Waals surface area contributed by atoms with E-state index in [2.05, 4.69) is 35.4 Å². The molecular formula is C15H21NO2S. The second-order valence-electron chi connectivity index (χ2n) is 5.35. The van der Waals surface area contributed by atoms with E-state index in [1.165, 1.54) is 10.5 Å². The van der Waals surface area contributed by atoms with E-state index in [-0.39, 0.29) is 5.54 Å². The molecule has 19 heavy (non-hydrogen) atoms. The Morgan fingerprint density at radius 3 is 2.58 bits per heavy atom. The van der Waals surface area contributed by atoms with Crippen LogP contribution < -0.4 is 0 Å². The molecule has 1 aromatic rings. The van der Waals surface area contributed by atoms with Gasteiger partial charge in [-0.1, -0.05) is 12.1 Å². The Morgan fingerprint density at radius 1 is 1.16 bits per heavy atom. The number of thioether (sulfide) groups is 1. The van der Waals surface area contributed by atoms with E-state index < -0.39 is 0 Å². The lowest BCUT2D eigenvalue weighted by molar-refractivity contribution is -0.0749. The van der Waals surface area contributed by atoms with Gasteiger partial charge < -0.3 is 9.47 Å². The number of rotatable bonds is 3. The number of hydrogen-bond acceptors (Lipinski definition) is 4. The maximum Gasteiger partial charge on any atom is 0.0704 e. The van der Waals surface area contributed by atoms with Gasteiger partial charge in [0, 0.05) is 24.6 Å². The summed E-state index contributed by atoms with van der Waals surface area (Å²) in [6.45, 7) is 5.34. The smallest absolute Gasteiger partial charge is 0.0704 e. The van der Waals surface area contributed by atoms with Gasteiger partial charge in [-0.15, -0.1) is 11.8 Å². The molecule has 3 nitrogen and oxygen atoms in total. The number of benzene rings is 1. The molecule has 2 heterocycles. The fraction of sp³-hybridized carbons (Fsp3) is 0.600. The first-order valence-corrected chi connectivity index (χ1v) is 8.08. The summed E-state index contributed by atoms with van der Waals surface area (Å²) < 4.78 is 11.3. The van der Waals surface area contributed by atoms with Gasteiger partial charge in [0.05, 0.1) is 25.4 Å². The van der Waals surface area contributed by atoms with Crippen molar-refractivity contribution in [3.8, 4) is 0 Å². The monoisotopic (exact) mass is 279 g/mol. The van der Waals surface area contributed by atoms with Crippen molar-refractivity contribution in [3.63, 3.8) is 0 Å². The third-order valence-electron chi connectivity index (χ3n) is 4.16. The molecule has 1 atom stereocenters. The molecular weight excluding hydrogens is 258 g/mol. The standard InChI is InChI=1S/C15H21NO2S/c1-19-14-4-2-13(3-5-14)10-16-7-9-18-12-15(16)6-8-17-11-15/h2-5H,6-12H2,1H3/t15-/m1/s1. The van der Waals surface area contributed by atoms with E-state index in [1.54, 1.807) is 11.8 Å². The SMILES string of the molecule is CSc1ccc(CN2CCOC[C@]23CCOC3)cc1. The van der Waals surface area contributed by atoms with E-state index in [0.29, 0.717) is 0 Å². The van der Waals surface area contributed by atoms with Crippen LogP contribution in [0.5, 0.6) is 0 Å². The summed E-state index contributed by atoms with van der Waals surface area (Å²) in [4.78, 5) is 3.88. The Kier molecular flexibility index (Phi) is 4.12. The normalized spacial score (nSPS) is 28.1. The molecule has 0 unspecified atom stereocenters. The summed E-state index contributed by atoms with van der Waals surface area (Å²) in [7, 11) is 0. The summed E-state index contributed by atoms with van der Waals surface area (Å²) in [5.74, 6) is 0. The molecule has 0 bridgehead atoms. The number of ether oxygens (including phenoxy) is 2. The number of nitrogens with zero attached hydrogens (tertiary/aromatic N) is 1. The minimum absolute atomic E-state index is 0.121. The van der Waals surface area contributed by atoms with Gasteiger partial charge in [0.1, 0.15) is 0 Å². The number of hydrogen-bond donors (Lipinski definition) is 0. The highest BCUT2D eigenvalue weighted by Crippen LogP contribution is 2.30. The quantitative estimate of drug-likeness (QED) is 0.792. The zero-order valence-electron chi connectivity index (χ0n) is 11.4. The first kappa shape index (κ1) is 13.4. The Bertz CT molecular complexity index is 415. The van der Waals surface area contributed by atoms with E-state index in [1.807, 2.05) is 0 Å². The summed E-state index contributed by atoms with van der Waals surface area (Å²) >= 11 is 1.79. The van der Waals surface area contributed by atoms with Crippen LogP contribution in [0, 0.1) is 0 Å². The summed E-state index contributed by atoms with van der Waals surface area (Å²) in [6, 6.07) is 8.89. The van der Waals surface area contributed by atoms with Crippen molar-refractivity contribution in [1.82, 2.24) is 4.90 Å². The van der Waals surface area contributed by atoms with Crippen LogP contribution in [-0.4, -0.2) is 49.7 Å². The van der Waals surface area contributed by atoms with Gasteiger partial charge in [0.15, 0.2) is 0 Å². The highest BCUT2D eigenvalue weighted by Gasteiger charge is 2.42. The highest BCUT2D eigenvalue weighted by atomic mass is 32.2. The van der Waals surface area contributed by atoms with Crippen LogP contribution in [-0.2, 0) is 16.0 Å². The van der Waals surface area contributed by atoms with Crippen molar-refractivity contribution >= 4 is 11.8 Å². The van der Waals surface area contributed by atoms with Crippen LogP contribution in [0.15, 0.2) is 29.2 Å². The molecule has 3 rings (SSSR count). The molecule has 2 aliphatic heterocycles. The molecule has 4 heteroatoms. The van der Waals surface area contributed by atoms with E-state index in [9.17, 15) is 0 Å². The predicted molar refractivity (Wildman–Crippen MR) is 77.6 cm³/mol. The van der Waals surface area contributed by atoms with Crippen LogP contribution in [0.4, 0.5) is 0 Å². The third-order valence-corrected chi connectivity index (χ3v) is 4.91. The molecule has 2 saturated heterocycles. The first-order chi connectivity index (χ1) is 9.32. The lowest BCUT2D eigenvalue weighted by atomic mass is 9.95. The van der Waals surface area contributed by atoms with Gasteiger partial charge in [-0.3, -0.25) is 4.90 Å². The zero-order valence-corrected chi connectivity index (χ0v) is 12.2. The van der Waals surface area contributed by atoms with Gasteiger partial charge in [-0.2, -0.15) is 0 Å². The Hall–Kier alpha value is -0.550. The summed E-state index contributed by atoms with van der Waals surface area (Å²) in [5, 5.41) is 0. The minimum atomic E-state index is 0.121. The summed E-state index contributed by atoms with van der Waals surface area (Å²) in [5.41, 5.74) is 1.50. The Balaban J connectivity index is 1.72. The first-order valence-electron chi connectivity index (χ1n) is 6.86. The van der Waals surface area contributed by atoms with Gasteiger partial charge >= 0.3 is 0 Å². The molecule has 1 aromatic carbocycles. The molecule has 1 spiro atoms. The zero-order chi connectivity index (χ0) is 13.1. The van der Waals surface area contributed by atoms with Crippen LogP contribution in [0.2, 0.25) is 0 Å². The van der Waals surface area contributed by atoms with E-state index in [0.717, 1.165) is 45.9 Å². The third kappa shape index (κ3) is 2.82. The predicted octanol–water partition coefficient (Wildman–Crippen LogP) is 2.40. The summed E-state index contributed by atoms with van der Waals surface area (Å²) in [6.07, 6.45) is 3.21. The van der Waals surface area contributed by atoms with Gasteiger partial charge in [0.2, 0.25) is 0 Å². The van der Waals surface area contributed by atoms with Crippen molar-refractivity contribution < 1.29 is 9.47 Å². The Morgan fingerprint density at radius 2 is 1.89 bits per heavy atom. The molecule has 2 fully saturated rings. The van der Waals surface area contributed by atoms with Crippen LogP contribution in [0.3, 0.4) is 0 Å². The van der Waals surface area contributed by atoms with E-state index >= 15 is 0 Å². The molecule has 0 aromatic heterocycles. The van der Waals surface area contributed by atoms with Crippen LogP contribution >= 0.6 is 11.8 Å². The average Bonchev–Trinajstić information content (AvgIpc) is 2.92. The van der Waals surface area contributed by atoms with E-state index in [4.69, 9.17) is 9.47 Å². The maximum absolute atomic E-state index is 5.69. The van der Waals surface area contributed by atoms with Gasteiger partial charge in [-0.25, -0.2) is 0 Å². The fourth-order valence-electron chi connectivity index (χ4n) is 2.92. The van der Waals surface area contributed by atoms with Crippen LogP contribution in [0.25, 0.3) is 0 Å².